The summed E-state index contributed by atoms with van der Waals surface area (Å²) in [6, 6.07) is 0. The fraction of sp³-hybridized carbons (Fsp3) is 0.538. The molecule has 0 aromatic carbocycles. The van der Waals surface area contributed by atoms with Crippen LogP contribution in [0, 0.1) is 0 Å². The Labute approximate surface area is 113 Å². The van der Waals surface area contributed by atoms with Gasteiger partial charge in [0.05, 0.1) is 13.2 Å². The predicted octanol–water partition coefficient (Wildman–Crippen LogP) is 0.586. The van der Waals surface area contributed by atoms with E-state index in [1.54, 1.807) is 6.92 Å². The van der Waals surface area contributed by atoms with Crippen LogP contribution >= 0.6 is 0 Å². The molecule has 0 heterocycles. The summed E-state index contributed by atoms with van der Waals surface area (Å²) in [5.74, 6) is -0.836. The molecule has 0 unspecified atom stereocenters. The second-order valence-electron chi connectivity index (χ2n) is 3.44. The van der Waals surface area contributed by atoms with Gasteiger partial charge in [-0.3, -0.25) is 0 Å². The van der Waals surface area contributed by atoms with Crippen LogP contribution < -0.4 is 0 Å². The molecule has 6 heteroatoms. The van der Waals surface area contributed by atoms with Crippen LogP contribution in [0.4, 0.5) is 0 Å². The molecule has 0 aromatic rings. The van der Waals surface area contributed by atoms with Crippen molar-refractivity contribution < 1.29 is 29.3 Å². The van der Waals surface area contributed by atoms with Gasteiger partial charge in [-0.1, -0.05) is 13.2 Å². The number of hydrogen-bond donors (Lipinski definition) is 2. The number of carbonyl (C=O) groups excluding carboxylic acids is 2. The lowest BCUT2D eigenvalue weighted by Gasteiger charge is -2.00. The van der Waals surface area contributed by atoms with E-state index in [-0.39, 0.29) is 26.4 Å². The monoisotopic (exact) mass is 274 g/mol. The first-order chi connectivity index (χ1) is 8.99. The van der Waals surface area contributed by atoms with Gasteiger partial charge in [-0.25, -0.2) is 9.59 Å². The number of aliphatic hydroxyl groups excluding tert-OH is 2. The Bertz CT molecular complexity index is 285. The Hall–Kier alpha value is -1.66. The lowest BCUT2D eigenvalue weighted by molar-refractivity contribution is -0.139. The molecule has 19 heavy (non-hydrogen) atoms. The maximum Gasteiger partial charge on any atom is 0.333 e. The Morgan fingerprint density at radius 3 is 1.95 bits per heavy atom. The van der Waals surface area contributed by atoms with E-state index < -0.39 is 11.9 Å². The third kappa shape index (κ3) is 16.3. The summed E-state index contributed by atoms with van der Waals surface area (Å²) >= 11 is 0. The van der Waals surface area contributed by atoms with E-state index in [1.807, 2.05) is 0 Å². The summed E-state index contributed by atoms with van der Waals surface area (Å²) in [5.41, 5.74) is 0.387. The van der Waals surface area contributed by atoms with Crippen LogP contribution in [0.3, 0.4) is 0 Å². The molecular formula is C13H22O6. The SMILES string of the molecule is C=C(C)C(=O)OCCCO.C=CC(=O)OCCCO. The molecule has 0 aliphatic rings. The van der Waals surface area contributed by atoms with Crippen molar-refractivity contribution in [2.75, 3.05) is 26.4 Å². The van der Waals surface area contributed by atoms with Crippen LogP contribution in [0.25, 0.3) is 0 Å². The number of rotatable bonds is 8. The van der Waals surface area contributed by atoms with Gasteiger partial charge in [0.1, 0.15) is 0 Å². The van der Waals surface area contributed by atoms with E-state index >= 15 is 0 Å². The van der Waals surface area contributed by atoms with Gasteiger partial charge in [0.25, 0.3) is 0 Å². The average molecular weight is 274 g/mol. The fourth-order valence-electron chi connectivity index (χ4n) is 0.649. The minimum Gasteiger partial charge on any atom is -0.462 e. The lowest BCUT2D eigenvalue weighted by atomic mass is 10.4. The predicted molar refractivity (Wildman–Crippen MR) is 70.3 cm³/mol. The number of aliphatic hydroxyl groups is 2. The Morgan fingerprint density at radius 2 is 1.58 bits per heavy atom. The molecule has 0 spiro atoms. The first kappa shape index (κ1) is 19.7. The van der Waals surface area contributed by atoms with Crippen LogP contribution in [0.1, 0.15) is 19.8 Å². The van der Waals surface area contributed by atoms with E-state index in [0.29, 0.717) is 18.4 Å². The van der Waals surface area contributed by atoms with E-state index in [4.69, 9.17) is 10.2 Å². The van der Waals surface area contributed by atoms with Crippen LogP contribution in [0.15, 0.2) is 24.8 Å². The van der Waals surface area contributed by atoms with Gasteiger partial charge in [-0.2, -0.15) is 0 Å². The maximum absolute atomic E-state index is 10.6. The standard InChI is InChI=1S/C7H12O3.C6H10O3/c1-6(2)7(9)10-5-3-4-8;1-2-6(8)9-5-3-4-7/h8H,1,3-5H2,2H3;2,7H,1,3-5H2. The van der Waals surface area contributed by atoms with Crippen molar-refractivity contribution in [3.63, 3.8) is 0 Å². The van der Waals surface area contributed by atoms with Crippen molar-refractivity contribution in [3.8, 4) is 0 Å². The molecule has 0 saturated carbocycles. The summed E-state index contributed by atoms with van der Waals surface area (Å²) in [5, 5.41) is 16.5. The molecule has 0 aliphatic heterocycles. The highest BCUT2D eigenvalue weighted by Gasteiger charge is 2.00. The molecule has 2 N–H and O–H groups in total. The summed E-state index contributed by atoms with van der Waals surface area (Å²) in [6.45, 7) is 8.81. The molecule has 110 valence electrons. The Morgan fingerprint density at radius 1 is 1.11 bits per heavy atom. The zero-order chi connectivity index (χ0) is 15.1. The molecule has 0 rings (SSSR count). The molecule has 0 fully saturated rings. The molecule has 0 saturated heterocycles. The zero-order valence-electron chi connectivity index (χ0n) is 11.3. The van der Waals surface area contributed by atoms with Gasteiger partial charge in [0.15, 0.2) is 0 Å². The molecule has 0 bridgehead atoms. The second-order valence-corrected chi connectivity index (χ2v) is 3.44. The topological polar surface area (TPSA) is 93.1 Å². The molecule has 0 atom stereocenters. The van der Waals surface area contributed by atoms with Crippen LogP contribution in [0.5, 0.6) is 0 Å². The maximum atomic E-state index is 10.6. The van der Waals surface area contributed by atoms with Gasteiger partial charge in [-0.05, 0) is 6.92 Å². The Kier molecular flexibility index (Phi) is 14.9. The minimum atomic E-state index is -0.441. The Balaban J connectivity index is 0. The van der Waals surface area contributed by atoms with Crippen molar-refractivity contribution >= 4 is 11.9 Å². The first-order valence-corrected chi connectivity index (χ1v) is 5.83. The van der Waals surface area contributed by atoms with Crippen molar-refractivity contribution in [3.05, 3.63) is 24.8 Å². The number of carbonyl (C=O) groups is 2. The van der Waals surface area contributed by atoms with Crippen molar-refractivity contribution in [1.82, 2.24) is 0 Å². The molecule has 0 radical (unpaired) electrons. The quantitative estimate of drug-likeness (QED) is 0.382. The van der Waals surface area contributed by atoms with Gasteiger partial charge in [0, 0.05) is 37.7 Å². The third-order valence-electron chi connectivity index (χ3n) is 1.60. The molecule has 0 amide bonds. The summed E-state index contributed by atoms with van der Waals surface area (Å²) in [7, 11) is 0. The van der Waals surface area contributed by atoms with Crippen molar-refractivity contribution in [2.45, 2.75) is 19.8 Å². The van der Waals surface area contributed by atoms with Crippen LogP contribution in [0.2, 0.25) is 0 Å². The van der Waals surface area contributed by atoms with Crippen LogP contribution in [-0.2, 0) is 19.1 Å². The van der Waals surface area contributed by atoms with Gasteiger partial charge in [-0.15, -0.1) is 0 Å². The second kappa shape index (κ2) is 14.4. The number of hydrogen-bond acceptors (Lipinski definition) is 6. The van der Waals surface area contributed by atoms with Gasteiger partial charge < -0.3 is 19.7 Å². The summed E-state index contributed by atoms with van der Waals surface area (Å²) in [6.07, 6.45) is 2.07. The minimum absolute atomic E-state index is 0.0451. The lowest BCUT2D eigenvalue weighted by Crippen LogP contribution is -2.06. The van der Waals surface area contributed by atoms with E-state index in [1.165, 1.54) is 0 Å². The van der Waals surface area contributed by atoms with E-state index in [9.17, 15) is 9.59 Å². The first-order valence-electron chi connectivity index (χ1n) is 5.83. The summed E-state index contributed by atoms with van der Waals surface area (Å²) in [4.78, 5) is 20.9. The highest BCUT2D eigenvalue weighted by atomic mass is 16.5. The van der Waals surface area contributed by atoms with E-state index in [0.717, 1.165) is 6.08 Å². The average Bonchev–Trinajstić information content (AvgIpc) is 2.39. The molecule has 0 aromatic heterocycles. The smallest absolute Gasteiger partial charge is 0.333 e. The van der Waals surface area contributed by atoms with Gasteiger partial charge >= 0.3 is 11.9 Å². The normalized spacial score (nSPS) is 8.79. The largest absolute Gasteiger partial charge is 0.462 e. The summed E-state index contributed by atoms with van der Waals surface area (Å²) < 4.78 is 9.16. The van der Waals surface area contributed by atoms with Gasteiger partial charge in [0.2, 0.25) is 0 Å². The van der Waals surface area contributed by atoms with Crippen LogP contribution in [-0.4, -0.2) is 48.6 Å². The molecule has 0 aliphatic carbocycles. The number of esters is 2. The molecular weight excluding hydrogens is 252 g/mol. The highest BCUT2D eigenvalue weighted by molar-refractivity contribution is 5.86. The number of ether oxygens (including phenoxy) is 2. The zero-order valence-corrected chi connectivity index (χ0v) is 11.3. The van der Waals surface area contributed by atoms with Crippen molar-refractivity contribution in [2.24, 2.45) is 0 Å². The highest BCUT2D eigenvalue weighted by Crippen LogP contribution is 1.92. The fourth-order valence-corrected chi connectivity index (χ4v) is 0.649. The molecule has 6 nitrogen and oxygen atoms in total. The van der Waals surface area contributed by atoms with E-state index in [2.05, 4.69) is 22.6 Å². The third-order valence-corrected chi connectivity index (χ3v) is 1.60. The van der Waals surface area contributed by atoms with Crippen molar-refractivity contribution in [1.29, 1.82) is 0 Å².